The van der Waals surface area contributed by atoms with Crippen LogP contribution in [0.3, 0.4) is 0 Å². The van der Waals surface area contributed by atoms with Crippen molar-refractivity contribution in [2.45, 2.75) is 102 Å². The average Bonchev–Trinajstić information content (AvgIpc) is 3.23. The first-order valence-electron chi connectivity index (χ1n) is 14.6. The van der Waals surface area contributed by atoms with E-state index in [0.717, 1.165) is 61.9 Å². The minimum absolute atomic E-state index is 0.0511. The van der Waals surface area contributed by atoms with Gasteiger partial charge < -0.3 is 20.6 Å². The summed E-state index contributed by atoms with van der Waals surface area (Å²) in [6.45, 7) is 6.92. The first-order chi connectivity index (χ1) is 17.6. The molecule has 0 radical (unpaired) electrons. The summed E-state index contributed by atoms with van der Waals surface area (Å²) in [6, 6.07) is 7.96. The van der Waals surface area contributed by atoms with Crippen molar-refractivity contribution in [3.05, 3.63) is 24.3 Å². The normalized spacial score (nSPS) is 43.9. The van der Waals surface area contributed by atoms with Gasteiger partial charge in [-0.25, -0.2) is 0 Å². The molecule has 0 spiro atoms. The maximum absolute atomic E-state index is 12.8. The second-order valence-electron chi connectivity index (χ2n) is 13.3. The number of benzene rings is 1. The highest BCUT2D eigenvalue weighted by Crippen LogP contribution is 2.68. The number of carbonyl (C=O) groups is 1. The van der Waals surface area contributed by atoms with Gasteiger partial charge in [-0.1, -0.05) is 26.8 Å². The molecule has 1 aromatic rings. The van der Waals surface area contributed by atoms with Crippen LogP contribution >= 0.6 is 11.8 Å². The number of nitrogens with one attached hydrogen (secondary N) is 1. The van der Waals surface area contributed by atoms with Gasteiger partial charge in [0.1, 0.15) is 0 Å². The molecule has 0 saturated heterocycles. The standard InChI is InChI=1S/C31H47NO4S/c1-18(8-11-28(36)32-20-6-5-7-22(16-20)37-4)23-9-10-24-29-25(17-27(35)31(23,24)3)30(2)13-12-21(33)14-19(30)15-26(29)34/h5-7,16,18-19,21,23-27,29,33-35H,8-15,17H2,1-4H3,(H,32,36)/t18-,19+,21-,23-,24+,25+,26-,27+,29+,30+,31-/m1/s1. The molecule has 5 rings (SSSR count). The van der Waals surface area contributed by atoms with E-state index in [1.165, 1.54) is 0 Å². The van der Waals surface area contributed by atoms with Crippen LogP contribution in [0.2, 0.25) is 0 Å². The Morgan fingerprint density at radius 3 is 2.65 bits per heavy atom. The number of anilines is 1. The Morgan fingerprint density at radius 2 is 1.89 bits per heavy atom. The Labute approximate surface area is 227 Å². The molecule has 4 N–H and O–H groups in total. The van der Waals surface area contributed by atoms with Crippen molar-refractivity contribution in [3.63, 3.8) is 0 Å². The fraction of sp³-hybridized carbons (Fsp3) is 0.774. The maximum Gasteiger partial charge on any atom is 0.224 e. The molecule has 11 atom stereocenters. The van der Waals surface area contributed by atoms with Crippen LogP contribution < -0.4 is 5.32 Å². The van der Waals surface area contributed by atoms with Gasteiger partial charge in [-0.05, 0) is 122 Å². The summed E-state index contributed by atoms with van der Waals surface area (Å²) in [5, 5.41) is 36.6. The summed E-state index contributed by atoms with van der Waals surface area (Å²) in [7, 11) is 0. The Hall–Kier alpha value is -1.08. The zero-order valence-electron chi connectivity index (χ0n) is 23.0. The van der Waals surface area contributed by atoms with E-state index in [1.54, 1.807) is 11.8 Å². The van der Waals surface area contributed by atoms with Crippen LogP contribution in [0.4, 0.5) is 5.69 Å². The summed E-state index contributed by atoms with van der Waals surface area (Å²) in [5.41, 5.74) is 0.725. The molecule has 0 bridgehead atoms. The number of hydrogen-bond donors (Lipinski definition) is 4. The fourth-order valence-corrected chi connectivity index (χ4v) is 10.1. The first kappa shape index (κ1) is 27.5. The number of fused-ring (bicyclic) bond motifs is 5. The topological polar surface area (TPSA) is 89.8 Å². The molecule has 6 heteroatoms. The second kappa shape index (κ2) is 10.5. The number of aliphatic hydroxyl groups is 3. The quantitative estimate of drug-likeness (QED) is 0.354. The Bertz CT molecular complexity index is 988. The molecule has 4 fully saturated rings. The molecule has 5 nitrogen and oxygen atoms in total. The molecule has 0 aromatic heterocycles. The molecule has 1 amide bonds. The lowest BCUT2D eigenvalue weighted by Gasteiger charge is -2.63. The summed E-state index contributed by atoms with van der Waals surface area (Å²) >= 11 is 1.67. The summed E-state index contributed by atoms with van der Waals surface area (Å²) < 4.78 is 0. The third-order valence-electron chi connectivity index (χ3n) is 11.7. The van der Waals surface area contributed by atoms with Gasteiger partial charge in [0.2, 0.25) is 5.91 Å². The Morgan fingerprint density at radius 1 is 1.11 bits per heavy atom. The van der Waals surface area contributed by atoms with E-state index in [2.05, 4.69) is 26.1 Å². The average molecular weight is 530 g/mol. The number of carbonyl (C=O) groups excluding carboxylic acids is 1. The van der Waals surface area contributed by atoms with E-state index in [-0.39, 0.29) is 41.0 Å². The SMILES string of the molecule is CSc1cccc(NC(=O)CC[C@@H](C)[C@H]2CC[C@H]3[C@@H]4[C@H](O)C[C@@H]5C[C@H](O)CC[C@]5(C)[C@H]4C[C@H](O)[C@]23C)c1. The van der Waals surface area contributed by atoms with Gasteiger partial charge in [0.15, 0.2) is 0 Å². The first-order valence-corrected chi connectivity index (χ1v) is 15.8. The monoisotopic (exact) mass is 529 g/mol. The zero-order valence-corrected chi connectivity index (χ0v) is 23.8. The molecule has 4 aliphatic rings. The molecule has 4 saturated carbocycles. The van der Waals surface area contributed by atoms with Crippen molar-refractivity contribution in [1.29, 1.82) is 0 Å². The van der Waals surface area contributed by atoms with Crippen molar-refractivity contribution < 1.29 is 20.1 Å². The molecule has 0 unspecified atom stereocenters. The second-order valence-corrected chi connectivity index (χ2v) is 14.2. The minimum atomic E-state index is -0.383. The molecule has 4 aliphatic carbocycles. The lowest BCUT2D eigenvalue weighted by Crippen LogP contribution is -2.62. The van der Waals surface area contributed by atoms with Gasteiger partial charge in [-0.3, -0.25) is 4.79 Å². The number of amides is 1. The molecular weight excluding hydrogens is 482 g/mol. The molecule has 206 valence electrons. The van der Waals surface area contributed by atoms with Crippen LogP contribution in [0.1, 0.15) is 78.6 Å². The van der Waals surface area contributed by atoms with E-state index >= 15 is 0 Å². The van der Waals surface area contributed by atoms with Crippen LogP contribution in [0.25, 0.3) is 0 Å². The van der Waals surface area contributed by atoms with Crippen molar-refractivity contribution in [2.75, 3.05) is 11.6 Å². The molecule has 37 heavy (non-hydrogen) atoms. The van der Waals surface area contributed by atoms with Crippen LogP contribution in [-0.2, 0) is 4.79 Å². The fourth-order valence-electron chi connectivity index (χ4n) is 9.62. The van der Waals surface area contributed by atoms with Crippen molar-refractivity contribution >= 4 is 23.4 Å². The smallest absolute Gasteiger partial charge is 0.224 e. The van der Waals surface area contributed by atoms with E-state index in [1.807, 2.05) is 30.5 Å². The van der Waals surface area contributed by atoms with Crippen molar-refractivity contribution in [1.82, 2.24) is 0 Å². The molecule has 0 heterocycles. The van der Waals surface area contributed by atoms with Gasteiger partial charge >= 0.3 is 0 Å². The predicted molar refractivity (Wildman–Crippen MR) is 149 cm³/mol. The number of hydrogen-bond acceptors (Lipinski definition) is 5. The third kappa shape index (κ3) is 4.79. The van der Waals surface area contributed by atoms with Gasteiger partial charge in [-0.15, -0.1) is 11.8 Å². The van der Waals surface area contributed by atoms with Gasteiger partial charge in [0.05, 0.1) is 18.3 Å². The van der Waals surface area contributed by atoms with Crippen molar-refractivity contribution in [2.24, 2.45) is 46.3 Å². The molecular formula is C31H47NO4S. The van der Waals surface area contributed by atoms with Gasteiger partial charge in [0.25, 0.3) is 0 Å². The minimum Gasteiger partial charge on any atom is -0.393 e. The molecule has 0 aliphatic heterocycles. The molecule has 1 aromatic carbocycles. The highest BCUT2D eigenvalue weighted by atomic mass is 32.2. The highest BCUT2D eigenvalue weighted by molar-refractivity contribution is 7.98. The highest BCUT2D eigenvalue weighted by Gasteiger charge is 2.65. The number of thioether (sulfide) groups is 1. The Kier molecular flexibility index (Phi) is 7.78. The maximum atomic E-state index is 12.8. The third-order valence-corrected chi connectivity index (χ3v) is 12.4. The van der Waals surface area contributed by atoms with E-state index in [9.17, 15) is 20.1 Å². The largest absolute Gasteiger partial charge is 0.393 e. The zero-order chi connectivity index (χ0) is 26.5. The summed E-state index contributed by atoms with van der Waals surface area (Å²) in [5.74, 6) is 1.94. The number of aliphatic hydroxyl groups excluding tert-OH is 3. The lowest BCUT2D eigenvalue weighted by atomic mass is 9.43. The lowest BCUT2D eigenvalue weighted by molar-refractivity contribution is -0.207. The van der Waals surface area contributed by atoms with E-state index in [0.29, 0.717) is 36.0 Å². The van der Waals surface area contributed by atoms with Gasteiger partial charge in [-0.2, -0.15) is 0 Å². The van der Waals surface area contributed by atoms with Crippen LogP contribution in [0.15, 0.2) is 29.2 Å². The Balaban J connectivity index is 1.27. The number of rotatable bonds is 6. The van der Waals surface area contributed by atoms with Crippen molar-refractivity contribution in [3.8, 4) is 0 Å². The summed E-state index contributed by atoms with van der Waals surface area (Å²) in [4.78, 5) is 13.9. The van der Waals surface area contributed by atoms with E-state index < -0.39 is 0 Å². The predicted octanol–water partition coefficient (Wildman–Crippen LogP) is 5.72. The van der Waals surface area contributed by atoms with Gasteiger partial charge in [0, 0.05) is 17.0 Å². The van der Waals surface area contributed by atoms with Crippen LogP contribution in [0, 0.1) is 46.3 Å². The summed E-state index contributed by atoms with van der Waals surface area (Å²) in [6.07, 6.45) is 8.63. The van der Waals surface area contributed by atoms with Crippen LogP contribution in [-0.4, -0.2) is 45.8 Å². The van der Waals surface area contributed by atoms with Crippen LogP contribution in [0.5, 0.6) is 0 Å². The van der Waals surface area contributed by atoms with E-state index in [4.69, 9.17) is 0 Å².